The summed E-state index contributed by atoms with van der Waals surface area (Å²) in [5, 5.41) is 2.89. The van der Waals surface area contributed by atoms with Gasteiger partial charge in [-0.15, -0.1) is 0 Å². The van der Waals surface area contributed by atoms with Gasteiger partial charge in [-0.1, -0.05) is 31.5 Å². The van der Waals surface area contributed by atoms with Crippen LogP contribution in [-0.2, 0) is 14.8 Å². The molecule has 1 aliphatic heterocycles. The van der Waals surface area contributed by atoms with Gasteiger partial charge >= 0.3 is 0 Å². The largest absolute Gasteiger partial charge is 0.326 e. The van der Waals surface area contributed by atoms with E-state index in [0.29, 0.717) is 32.4 Å². The fourth-order valence-corrected chi connectivity index (χ4v) is 4.30. The maximum atomic E-state index is 12.2. The molecule has 6 heteroatoms. The highest BCUT2D eigenvalue weighted by atomic mass is 32.2. The molecule has 0 spiro atoms. The molecule has 1 aromatic carbocycles. The second kappa shape index (κ2) is 7.74. The number of amides is 1. The third-order valence-corrected chi connectivity index (χ3v) is 5.97. The number of carbonyl (C=O) groups is 1. The number of hydrogen-bond donors (Lipinski definition) is 1. The Kier molecular flexibility index (Phi) is 5.97. The molecule has 0 atom stereocenters. The topological polar surface area (TPSA) is 66.5 Å². The second-order valence-corrected chi connectivity index (χ2v) is 7.79. The predicted octanol–water partition coefficient (Wildman–Crippen LogP) is 2.47. The molecule has 22 heavy (non-hydrogen) atoms. The van der Waals surface area contributed by atoms with Crippen LogP contribution in [0.4, 0.5) is 5.69 Å². The minimum atomic E-state index is -3.15. The summed E-state index contributed by atoms with van der Waals surface area (Å²) in [5.41, 5.74) is 0.783. The van der Waals surface area contributed by atoms with Gasteiger partial charge in [0.1, 0.15) is 0 Å². The number of hydrogen-bond acceptors (Lipinski definition) is 3. The van der Waals surface area contributed by atoms with Gasteiger partial charge < -0.3 is 5.32 Å². The molecule has 0 bridgehead atoms. The number of nitrogens with one attached hydrogen (secondary N) is 1. The first kappa shape index (κ1) is 17.0. The highest BCUT2D eigenvalue weighted by Crippen LogP contribution is 2.22. The van der Waals surface area contributed by atoms with Crippen LogP contribution >= 0.6 is 0 Å². The standard InChI is InChI=1S/C16H24N2O3S/c1-2-3-13-22(20,21)18-11-9-14(10-12-18)16(19)17-15-7-5-4-6-8-15/h4-8,14H,2-3,9-13H2,1H3,(H,17,19). The van der Waals surface area contributed by atoms with Gasteiger partial charge in [-0.05, 0) is 31.4 Å². The molecule has 1 heterocycles. The van der Waals surface area contributed by atoms with Crippen LogP contribution in [0.25, 0.3) is 0 Å². The highest BCUT2D eigenvalue weighted by Gasteiger charge is 2.30. The van der Waals surface area contributed by atoms with Crippen LogP contribution in [0.1, 0.15) is 32.6 Å². The molecule has 1 N–H and O–H groups in total. The molecule has 1 aromatic rings. The smallest absolute Gasteiger partial charge is 0.227 e. The van der Waals surface area contributed by atoms with Crippen molar-refractivity contribution in [1.82, 2.24) is 4.31 Å². The molecule has 0 radical (unpaired) electrons. The van der Waals surface area contributed by atoms with Crippen LogP contribution in [0.2, 0.25) is 0 Å². The van der Waals surface area contributed by atoms with Crippen molar-refractivity contribution in [3.63, 3.8) is 0 Å². The van der Waals surface area contributed by atoms with Gasteiger partial charge in [-0.2, -0.15) is 0 Å². The summed E-state index contributed by atoms with van der Waals surface area (Å²) in [6, 6.07) is 9.34. The third kappa shape index (κ3) is 4.55. The monoisotopic (exact) mass is 324 g/mol. The Labute approximate surface area is 132 Å². The van der Waals surface area contributed by atoms with Crippen LogP contribution in [-0.4, -0.2) is 37.5 Å². The summed E-state index contributed by atoms with van der Waals surface area (Å²) < 4.78 is 25.8. The first-order valence-corrected chi connectivity index (χ1v) is 9.47. The number of nitrogens with zero attached hydrogens (tertiary/aromatic N) is 1. The highest BCUT2D eigenvalue weighted by molar-refractivity contribution is 7.89. The Morgan fingerprint density at radius 1 is 1.23 bits per heavy atom. The maximum absolute atomic E-state index is 12.2. The van der Waals surface area contributed by atoms with Crippen molar-refractivity contribution in [1.29, 1.82) is 0 Å². The lowest BCUT2D eigenvalue weighted by atomic mass is 9.97. The van der Waals surface area contributed by atoms with Gasteiger partial charge in [0.25, 0.3) is 0 Å². The quantitative estimate of drug-likeness (QED) is 0.874. The third-order valence-electron chi connectivity index (χ3n) is 4.02. The van der Waals surface area contributed by atoms with Gasteiger partial charge in [-0.3, -0.25) is 4.79 Å². The van der Waals surface area contributed by atoms with Crippen LogP contribution in [0.5, 0.6) is 0 Å². The minimum Gasteiger partial charge on any atom is -0.326 e. The Balaban J connectivity index is 1.85. The van der Waals surface area contributed by atoms with Crippen LogP contribution < -0.4 is 5.32 Å². The number of carbonyl (C=O) groups excluding carboxylic acids is 1. The van der Waals surface area contributed by atoms with E-state index in [0.717, 1.165) is 12.1 Å². The van der Waals surface area contributed by atoms with Gasteiger partial charge in [0.15, 0.2) is 0 Å². The molecule has 1 amide bonds. The average molecular weight is 324 g/mol. The van der Waals surface area contributed by atoms with Gasteiger partial charge in [0, 0.05) is 24.7 Å². The average Bonchev–Trinajstić information content (AvgIpc) is 2.54. The Morgan fingerprint density at radius 3 is 2.45 bits per heavy atom. The van der Waals surface area contributed by atoms with Crippen molar-refractivity contribution in [3.8, 4) is 0 Å². The molecule has 0 saturated carbocycles. The lowest BCUT2D eigenvalue weighted by Gasteiger charge is -2.30. The summed E-state index contributed by atoms with van der Waals surface area (Å²) in [6.07, 6.45) is 2.74. The first-order chi connectivity index (χ1) is 10.5. The zero-order valence-corrected chi connectivity index (χ0v) is 13.8. The zero-order chi connectivity index (χ0) is 16.0. The predicted molar refractivity (Wildman–Crippen MR) is 88.1 cm³/mol. The molecule has 0 aliphatic carbocycles. The molecule has 1 saturated heterocycles. The first-order valence-electron chi connectivity index (χ1n) is 7.86. The normalized spacial score (nSPS) is 17.3. The fourth-order valence-electron chi connectivity index (χ4n) is 2.62. The van der Waals surface area contributed by atoms with E-state index in [9.17, 15) is 13.2 Å². The molecule has 1 aliphatic rings. The lowest BCUT2D eigenvalue weighted by Crippen LogP contribution is -2.42. The van der Waals surface area contributed by atoms with Crippen molar-refractivity contribution in [3.05, 3.63) is 30.3 Å². The van der Waals surface area contributed by atoms with Crippen molar-refractivity contribution < 1.29 is 13.2 Å². The summed E-state index contributed by atoms with van der Waals surface area (Å²) >= 11 is 0. The Bertz CT molecular complexity index is 579. The van der Waals surface area contributed by atoms with E-state index < -0.39 is 10.0 Å². The molecule has 0 aromatic heterocycles. The van der Waals surface area contributed by atoms with Crippen molar-refractivity contribution >= 4 is 21.6 Å². The van der Waals surface area contributed by atoms with E-state index in [1.165, 1.54) is 4.31 Å². The number of piperidine rings is 1. The SMILES string of the molecule is CCCCS(=O)(=O)N1CCC(C(=O)Nc2ccccc2)CC1. The van der Waals surface area contributed by atoms with Gasteiger partial charge in [0.05, 0.1) is 5.75 Å². The van der Waals surface area contributed by atoms with E-state index in [-0.39, 0.29) is 17.6 Å². The number of para-hydroxylation sites is 1. The second-order valence-electron chi connectivity index (χ2n) is 5.70. The Morgan fingerprint density at radius 2 is 1.86 bits per heavy atom. The zero-order valence-electron chi connectivity index (χ0n) is 13.0. The molecule has 122 valence electrons. The van der Waals surface area contributed by atoms with Crippen LogP contribution in [0.3, 0.4) is 0 Å². The molecular weight excluding hydrogens is 300 g/mol. The summed E-state index contributed by atoms with van der Waals surface area (Å²) in [4.78, 5) is 12.2. The van der Waals surface area contributed by atoms with E-state index in [1.54, 1.807) is 0 Å². The number of anilines is 1. The lowest BCUT2D eigenvalue weighted by molar-refractivity contribution is -0.120. The van der Waals surface area contributed by atoms with E-state index >= 15 is 0 Å². The molecule has 0 unspecified atom stereocenters. The van der Waals surface area contributed by atoms with E-state index in [1.807, 2.05) is 37.3 Å². The molecule has 1 fully saturated rings. The van der Waals surface area contributed by atoms with Gasteiger partial charge in [0.2, 0.25) is 15.9 Å². The van der Waals surface area contributed by atoms with E-state index in [2.05, 4.69) is 5.32 Å². The molecule has 2 rings (SSSR count). The Hall–Kier alpha value is -1.40. The number of sulfonamides is 1. The van der Waals surface area contributed by atoms with Crippen molar-refractivity contribution in [2.24, 2.45) is 5.92 Å². The number of rotatable bonds is 6. The van der Waals surface area contributed by atoms with Crippen molar-refractivity contribution in [2.75, 3.05) is 24.2 Å². The van der Waals surface area contributed by atoms with Crippen LogP contribution in [0, 0.1) is 5.92 Å². The molecule has 5 nitrogen and oxygen atoms in total. The van der Waals surface area contributed by atoms with Crippen LogP contribution in [0.15, 0.2) is 30.3 Å². The number of unbranched alkanes of at least 4 members (excludes halogenated alkanes) is 1. The fraction of sp³-hybridized carbons (Fsp3) is 0.562. The van der Waals surface area contributed by atoms with Crippen molar-refractivity contribution in [2.45, 2.75) is 32.6 Å². The number of benzene rings is 1. The van der Waals surface area contributed by atoms with E-state index in [4.69, 9.17) is 0 Å². The minimum absolute atomic E-state index is 0.0168. The summed E-state index contributed by atoms with van der Waals surface area (Å²) in [7, 11) is -3.15. The maximum Gasteiger partial charge on any atom is 0.227 e. The van der Waals surface area contributed by atoms with Gasteiger partial charge in [-0.25, -0.2) is 12.7 Å². The summed E-state index contributed by atoms with van der Waals surface area (Å²) in [6.45, 7) is 2.87. The summed E-state index contributed by atoms with van der Waals surface area (Å²) in [5.74, 6) is 0.0827. The molecular formula is C16H24N2O3S.